The number of rotatable bonds is 3. The molecule has 1 aliphatic rings. The molecule has 1 aromatic carbocycles. The van der Waals surface area contributed by atoms with E-state index in [0.29, 0.717) is 25.2 Å². The van der Waals surface area contributed by atoms with Crippen LogP contribution in [0.25, 0.3) is 10.9 Å². The Kier molecular flexibility index (Phi) is 3.55. The number of anilines is 1. The van der Waals surface area contributed by atoms with E-state index >= 15 is 0 Å². The minimum atomic E-state index is -1.08. The maximum absolute atomic E-state index is 11.5. The van der Waals surface area contributed by atoms with E-state index in [2.05, 4.69) is 10.4 Å². The molecule has 0 aliphatic carbocycles. The van der Waals surface area contributed by atoms with E-state index in [1.165, 1.54) is 6.07 Å². The Morgan fingerprint density at radius 1 is 1.57 bits per heavy atom. The number of hydrogen-bond acceptors (Lipinski definition) is 5. The zero-order valence-electron chi connectivity index (χ0n) is 12.8. The summed E-state index contributed by atoms with van der Waals surface area (Å²) >= 11 is 0. The van der Waals surface area contributed by atoms with Crippen molar-refractivity contribution in [3.8, 4) is 0 Å². The second-order valence-electron chi connectivity index (χ2n) is 5.76. The highest BCUT2D eigenvalue weighted by Crippen LogP contribution is 2.39. The van der Waals surface area contributed by atoms with Crippen LogP contribution < -0.4 is 10.2 Å². The summed E-state index contributed by atoms with van der Waals surface area (Å²) in [6, 6.07) is 1.29. The summed E-state index contributed by atoms with van der Waals surface area (Å²) in [5, 5.41) is 27.8. The molecule has 1 unspecified atom stereocenters. The van der Waals surface area contributed by atoms with Crippen molar-refractivity contribution in [2.75, 3.05) is 18.0 Å². The first-order chi connectivity index (χ1) is 10.9. The molecule has 1 fully saturated rings. The number of amides is 1. The Hall–Kier alpha value is -2.84. The van der Waals surface area contributed by atoms with Gasteiger partial charge in [-0.15, -0.1) is 0 Å². The van der Waals surface area contributed by atoms with Gasteiger partial charge in [0.05, 0.1) is 21.9 Å². The number of nitrogens with zero attached hydrogens (tertiary/aromatic N) is 4. The summed E-state index contributed by atoms with van der Waals surface area (Å²) in [5.74, 6) is 0. The zero-order chi connectivity index (χ0) is 16.7. The van der Waals surface area contributed by atoms with Crippen molar-refractivity contribution in [3.63, 3.8) is 0 Å². The van der Waals surface area contributed by atoms with Gasteiger partial charge in [0.15, 0.2) is 0 Å². The van der Waals surface area contributed by atoms with Crippen molar-refractivity contribution in [1.29, 1.82) is 0 Å². The lowest BCUT2D eigenvalue weighted by molar-refractivity contribution is -0.384. The predicted molar refractivity (Wildman–Crippen MR) is 83.9 cm³/mol. The third-order valence-electron chi connectivity index (χ3n) is 4.08. The predicted octanol–water partition coefficient (Wildman–Crippen LogP) is 1.64. The molecule has 1 aliphatic heterocycles. The Bertz CT molecular complexity index is 800. The summed E-state index contributed by atoms with van der Waals surface area (Å²) < 4.78 is 1.63. The van der Waals surface area contributed by atoms with Crippen molar-refractivity contribution in [3.05, 3.63) is 27.9 Å². The van der Waals surface area contributed by atoms with Crippen LogP contribution in [0.5, 0.6) is 0 Å². The molecule has 2 aromatic rings. The molecule has 0 saturated carbocycles. The molecule has 9 nitrogen and oxygen atoms in total. The molecule has 23 heavy (non-hydrogen) atoms. The smallest absolute Gasteiger partial charge is 0.404 e. The van der Waals surface area contributed by atoms with E-state index in [0.717, 1.165) is 16.5 Å². The van der Waals surface area contributed by atoms with Crippen LogP contribution in [0.15, 0.2) is 12.3 Å². The van der Waals surface area contributed by atoms with Gasteiger partial charge >= 0.3 is 6.09 Å². The average Bonchev–Trinajstić information content (AvgIpc) is 3.04. The van der Waals surface area contributed by atoms with E-state index in [4.69, 9.17) is 5.11 Å². The van der Waals surface area contributed by atoms with Crippen LogP contribution in [0.1, 0.15) is 12.0 Å². The highest BCUT2D eigenvalue weighted by Gasteiger charge is 2.31. The average molecular weight is 319 g/mol. The minimum absolute atomic E-state index is 0.0268. The number of carboxylic acid groups (broad SMARTS) is 1. The van der Waals surface area contributed by atoms with Gasteiger partial charge in [-0.3, -0.25) is 14.8 Å². The first kappa shape index (κ1) is 15.1. The van der Waals surface area contributed by atoms with Gasteiger partial charge in [0.25, 0.3) is 5.69 Å². The molecule has 3 rings (SSSR count). The van der Waals surface area contributed by atoms with Crippen molar-refractivity contribution >= 4 is 28.4 Å². The molecular weight excluding hydrogens is 302 g/mol. The molecular formula is C14H17N5O4. The highest BCUT2D eigenvalue weighted by atomic mass is 16.6. The summed E-state index contributed by atoms with van der Waals surface area (Å²) in [6.45, 7) is 2.75. The lowest BCUT2D eigenvalue weighted by Crippen LogP contribution is -2.36. The van der Waals surface area contributed by atoms with E-state index in [1.807, 2.05) is 4.90 Å². The van der Waals surface area contributed by atoms with E-state index < -0.39 is 11.0 Å². The van der Waals surface area contributed by atoms with E-state index in [9.17, 15) is 14.9 Å². The second kappa shape index (κ2) is 5.41. The number of fused-ring (bicyclic) bond motifs is 1. The number of nitro groups is 1. The summed E-state index contributed by atoms with van der Waals surface area (Å²) in [4.78, 5) is 23.7. The third kappa shape index (κ3) is 2.65. The van der Waals surface area contributed by atoms with Crippen LogP contribution in [-0.4, -0.2) is 45.0 Å². The molecule has 2 heterocycles. The Morgan fingerprint density at radius 3 is 2.96 bits per heavy atom. The summed E-state index contributed by atoms with van der Waals surface area (Å²) in [7, 11) is 1.77. The number of benzene rings is 1. The first-order valence-corrected chi connectivity index (χ1v) is 7.22. The number of nitrogens with one attached hydrogen (secondary N) is 1. The van der Waals surface area contributed by atoms with Crippen LogP contribution in [0.4, 0.5) is 16.2 Å². The lowest BCUT2D eigenvalue weighted by atomic mass is 10.1. The number of hydrogen-bond donors (Lipinski definition) is 2. The maximum Gasteiger partial charge on any atom is 0.404 e. The second-order valence-corrected chi connectivity index (χ2v) is 5.76. The van der Waals surface area contributed by atoms with Crippen LogP contribution in [0, 0.1) is 17.0 Å². The summed E-state index contributed by atoms with van der Waals surface area (Å²) in [5.41, 5.74) is 2.01. The fourth-order valence-electron chi connectivity index (χ4n) is 3.16. The largest absolute Gasteiger partial charge is 0.465 e. The molecule has 0 bridgehead atoms. The fourth-order valence-corrected chi connectivity index (χ4v) is 3.16. The SMILES string of the molecule is Cc1cc([N+](=O)[O-])c(N2CCC(NC(=O)O)C2)c2cn(C)nc12. The topological polar surface area (TPSA) is 114 Å². The van der Waals surface area contributed by atoms with Gasteiger partial charge in [0.2, 0.25) is 0 Å². The van der Waals surface area contributed by atoms with E-state index in [-0.39, 0.29) is 11.7 Å². The van der Waals surface area contributed by atoms with Crippen LogP contribution in [0.3, 0.4) is 0 Å². The minimum Gasteiger partial charge on any atom is -0.465 e. The highest BCUT2D eigenvalue weighted by molar-refractivity contribution is 5.98. The van der Waals surface area contributed by atoms with Crippen molar-refractivity contribution in [1.82, 2.24) is 15.1 Å². The Labute approximate surface area is 131 Å². The standard InChI is InChI=1S/C14H17N5O4/c1-8-5-11(19(22)23)13(10-7-17(2)16-12(8)10)18-4-3-9(6-18)15-14(20)21/h5,7,9,15H,3-4,6H2,1-2H3,(H,20,21). The van der Waals surface area contributed by atoms with Crippen molar-refractivity contribution < 1.29 is 14.8 Å². The van der Waals surface area contributed by atoms with E-state index in [1.54, 1.807) is 24.9 Å². The van der Waals surface area contributed by atoms with Gasteiger partial charge in [-0.25, -0.2) is 4.79 Å². The lowest BCUT2D eigenvalue weighted by Gasteiger charge is -2.20. The number of aryl methyl sites for hydroxylation is 2. The van der Waals surface area contributed by atoms with Crippen LogP contribution in [0.2, 0.25) is 0 Å². The van der Waals surface area contributed by atoms with Gasteiger partial charge in [0, 0.05) is 32.4 Å². The van der Waals surface area contributed by atoms with Gasteiger partial charge in [0.1, 0.15) is 5.69 Å². The van der Waals surface area contributed by atoms with Gasteiger partial charge < -0.3 is 15.3 Å². The van der Waals surface area contributed by atoms with Gasteiger partial charge in [-0.05, 0) is 18.9 Å². The number of aromatic nitrogens is 2. The molecule has 1 aromatic heterocycles. The molecule has 9 heteroatoms. The molecule has 122 valence electrons. The molecule has 0 spiro atoms. The fraction of sp³-hybridized carbons (Fsp3) is 0.429. The van der Waals surface area contributed by atoms with Crippen molar-refractivity contribution in [2.24, 2.45) is 7.05 Å². The Morgan fingerprint density at radius 2 is 2.30 bits per heavy atom. The van der Waals surface area contributed by atoms with Gasteiger partial charge in [-0.2, -0.15) is 5.10 Å². The monoisotopic (exact) mass is 319 g/mol. The normalized spacial score (nSPS) is 17.7. The third-order valence-corrected chi connectivity index (χ3v) is 4.08. The molecule has 1 saturated heterocycles. The van der Waals surface area contributed by atoms with Crippen molar-refractivity contribution in [2.45, 2.75) is 19.4 Å². The maximum atomic E-state index is 11.5. The number of carbonyl (C=O) groups is 1. The molecule has 0 radical (unpaired) electrons. The molecule has 2 N–H and O–H groups in total. The first-order valence-electron chi connectivity index (χ1n) is 7.22. The van der Waals surface area contributed by atoms with Crippen LogP contribution >= 0.6 is 0 Å². The summed E-state index contributed by atoms with van der Waals surface area (Å²) in [6.07, 6.45) is 1.30. The van der Waals surface area contributed by atoms with Crippen LogP contribution in [-0.2, 0) is 7.05 Å². The zero-order valence-corrected chi connectivity index (χ0v) is 12.8. The Balaban J connectivity index is 2.09. The number of nitro benzene ring substituents is 1. The van der Waals surface area contributed by atoms with Gasteiger partial charge in [-0.1, -0.05) is 0 Å². The quantitative estimate of drug-likeness (QED) is 0.656. The molecule has 1 atom stereocenters. The molecule has 1 amide bonds.